The molecule has 6 rings (SSSR count). The van der Waals surface area contributed by atoms with Crippen molar-refractivity contribution in [1.29, 1.82) is 0 Å². The number of hydrogen-bond donors (Lipinski definition) is 1. The number of nitrogens with zero attached hydrogens (tertiary/aromatic N) is 1. The lowest BCUT2D eigenvalue weighted by atomic mass is 9.48. The first kappa shape index (κ1) is 30.5. The Hall–Kier alpha value is -1.50. The molecule has 5 aliphatic rings. The van der Waals surface area contributed by atoms with Gasteiger partial charge in [-0.05, 0) is 62.6 Å². The SMILES string of the molecule is COCCOCCOCCOC1CC[C@@]2(O)[C@H]3Cc4ccc(OCOCCOC)c5c4[C@@]2(CCN3CC2CCC2)[C@H]1O5. The summed E-state index contributed by atoms with van der Waals surface area (Å²) in [4.78, 5) is 2.60. The zero-order valence-corrected chi connectivity index (χ0v) is 25.4. The molecule has 1 saturated heterocycles. The van der Waals surface area contributed by atoms with Gasteiger partial charge in [0.15, 0.2) is 18.3 Å². The average molecular weight is 592 g/mol. The van der Waals surface area contributed by atoms with E-state index in [1.165, 1.54) is 24.8 Å². The largest absolute Gasteiger partial charge is 0.482 e. The molecule has 1 aromatic carbocycles. The van der Waals surface area contributed by atoms with Gasteiger partial charge < -0.3 is 43.0 Å². The maximum atomic E-state index is 12.8. The highest BCUT2D eigenvalue weighted by molar-refractivity contribution is 5.63. The van der Waals surface area contributed by atoms with Crippen LogP contribution < -0.4 is 9.47 Å². The van der Waals surface area contributed by atoms with E-state index in [-0.39, 0.29) is 25.0 Å². The molecule has 2 bridgehead atoms. The highest BCUT2D eigenvalue weighted by Gasteiger charge is 2.73. The lowest BCUT2D eigenvalue weighted by molar-refractivity contribution is -0.218. The second-order valence-electron chi connectivity index (χ2n) is 12.5. The van der Waals surface area contributed by atoms with Crippen LogP contribution in [0.3, 0.4) is 0 Å². The first-order valence-corrected chi connectivity index (χ1v) is 15.9. The minimum Gasteiger partial charge on any atom is -0.482 e. The zero-order chi connectivity index (χ0) is 29.0. The van der Waals surface area contributed by atoms with Gasteiger partial charge in [0, 0.05) is 32.4 Å². The fourth-order valence-electron chi connectivity index (χ4n) is 8.11. The second-order valence-corrected chi connectivity index (χ2v) is 12.5. The van der Waals surface area contributed by atoms with Gasteiger partial charge in [0.2, 0.25) is 0 Å². The first-order chi connectivity index (χ1) is 20.6. The van der Waals surface area contributed by atoms with Crippen LogP contribution in [0, 0.1) is 5.92 Å². The van der Waals surface area contributed by atoms with Gasteiger partial charge in [-0.15, -0.1) is 0 Å². The summed E-state index contributed by atoms with van der Waals surface area (Å²) in [5.74, 6) is 2.19. The summed E-state index contributed by atoms with van der Waals surface area (Å²) in [6.07, 6.45) is 6.65. The van der Waals surface area contributed by atoms with Crippen molar-refractivity contribution in [2.75, 3.05) is 87.0 Å². The van der Waals surface area contributed by atoms with Crippen LogP contribution in [0.1, 0.15) is 49.7 Å². The van der Waals surface area contributed by atoms with Crippen LogP contribution >= 0.6 is 0 Å². The van der Waals surface area contributed by atoms with Crippen molar-refractivity contribution in [3.63, 3.8) is 0 Å². The normalized spacial score (nSPS) is 31.5. The highest BCUT2D eigenvalue weighted by atomic mass is 16.7. The Morgan fingerprint density at radius 1 is 0.905 bits per heavy atom. The molecule has 10 heteroatoms. The summed E-state index contributed by atoms with van der Waals surface area (Å²) < 4.78 is 46.4. The van der Waals surface area contributed by atoms with Crippen molar-refractivity contribution in [1.82, 2.24) is 4.90 Å². The van der Waals surface area contributed by atoms with Gasteiger partial charge in [0.1, 0.15) is 6.10 Å². The summed E-state index contributed by atoms with van der Waals surface area (Å²) in [5.41, 5.74) is 1.01. The van der Waals surface area contributed by atoms with E-state index in [1.807, 2.05) is 6.07 Å². The maximum absolute atomic E-state index is 12.8. The molecule has 2 heterocycles. The highest BCUT2D eigenvalue weighted by Crippen LogP contribution is 2.66. The number of benzene rings is 1. The first-order valence-electron chi connectivity index (χ1n) is 15.9. The van der Waals surface area contributed by atoms with Crippen molar-refractivity contribution in [2.45, 2.75) is 74.2 Å². The lowest BCUT2D eigenvalue weighted by Crippen LogP contribution is -2.77. The summed E-state index contributed by atoms with van der Waals surface area (Å²) in [6.45, 7) is 6.28. The maximum Gasteiger partial charge on any atom is 0.189 e. The van der Waals surface area contributed by atoms with Gasteiger partial charge in [-0.25, -0.2) is 0 Å². The molecule has 42 heavy (non-hydrogen) atoms. The molecule has 3 fully saturated rings. The number of hydrogen-bond acceptors (Lipinski definition) is 10. The Labute approximate surface area is 249 Å². The number of ether oxygens (including phenoxy) is 8. The molecule has 0 aromatic heterocycles. The molecular weight excluding hydrogens is 542 g/mol. The van der Waals surface area contributed by atoms with Crippen LogP contribution in [-0.4, -0.2) is 121 Å². The van der Waals surface area contributed by atoms with Gasteiger partial charge in [-0.3, -0.25) is 4.90 Å². The Bertz CT molecular complexity index is 1040. The van der Waals surface area contributed by atoms with E-state index in [9.17, 15) is 5.11 Å². The van der Waals surface area contributed by atoms with Crippen molar-refractivity contribution in [3.05, 3.63) is 23.3 Å². The quantitative estimate of drug-likeness (QED) is 0.203. The molecule has 2 aliphatic heterocycles. The minimum atomic E-state index is -0.874. The summed E-state index contributed by atoms with van der Waals surface area (Å²) in [6, 6.07) is 4.28. The van der Waals surface area contributed by atoms with Gasteiger partial charge in [0.05, 0.1) is 70.0 Å². The summed E-state index contributed by atoms with van der Waals surface area (Å²) >= 11 is 0. The minimum absolute atomic E-state index is 0.0861. The third-order valence-corrected chi connectivity index (χ3v) is 10.3. The van der Waals surface area contributed by atoms with Crippen molar-refractivity contribution in [2.24, 2.45) is 5.92 Å². The van der Waals surface area contributed by atoms with Crippen molar-refractivity contribution < 1.29 is 43.0 Å². The molecule has 0 radical (unpaired) electrons. The Balaban J connectivity index is 1.19. The van der Waals surface area contributed by atoms with E-state index in [4.69, 9.17) is 37.9 Å². The molecule has 2 saturated carbocycles. The van der Waals surface area contributed by atoms with E-state index in [0.29, 0.717) is 65.0 Å². The number of methoxy groups -OCH3 is 2. The van der Waals surface area contributed by atoms with E-state index >= 15 is 0 Å². The standard InChI is InChI=1S/C32H49NO9/c1-35-12-14-37-16-17-38-18-19-40-26-8-9-32(34)27-20-24-6-7-25(41-22-39-15-13-36-2)29-28(24)31(32,30(26)42-29)10-11-33(27)21-23-4-3-5-23/h6-7,23,26-27,30,34H,3-5,8-22H2,1-2H3/t26?,27-,30+,31+,32-/m1/s1. The van der Waals surface area contributed by atoms with Crippen LogP contribution in [0.15, 0.2) is 12.1 Å². The van der Waals surface area contributed by atoms with E-state index in [2.05, 4.69) is 11.0 Å². The van der Waals surface area contributed by atoms with Crippen LogP contribution in [0.2, 0.25) is 0 Å². The summed E-state index contributed by atoms with van der Waals surface area (Å²) in [5, 5.41) is 12.8. The van der Waals surface area contributed by atoms with Crippen molar-refractivity contribution >= 4 is 0 Å². The molecular formula is C32H49NO9. The third kappa shape index (κ3) is 5.58. The van der Waals surface area contributed by atoms with Crippen LogP contribution in [0.25, 0.3) is 0 Å². The lowest BCUT2D eigenvalue weighted by Gasteiger charge is -2.64. The molecule has 10 nitrogen and oxygen atoms in total. The third-order valence-electron chi connectivity index (χ3n) is 10.3. The van der Waals surface area contributed by atoms with Crippen LogP contribution in [0.4, 0.5) is 0 Å². The molecule has 3 aliphatic carbocycles. The Kier molecular flexibility index (Phi) is 9.92. The van der Waals surface area contributed by atoms with Crippen LogP contribution in [-0.2, 0) is 40.3 Å². The van der Waals surface area contributed by atoms with E-state index < -0.39 is 11.0 Å². The monoisotopic (exact) mass is 591 g/mol. The van der Waals surface area contributed by atoms with Gasteiger partial charge >= 0.3 is 0 Å². The number of rotatable bonds is 18. The molecule has 1 N–H and O–H groups in total. The molecule has 1 spiro atoms. The van der Waals surface area contributed by atoms with Crippen LogP contribution in [0.5, 0.6) is 11.5 Å². The number of aliphatic hydroxyl groups is 1. The number of piperidine rings is 1. The molecule has 236 valence electrons. The zero-order valence-electron chi connectivity index (χ0n) is 25.4. The predicted molar refractivity (Wildman–Crippen MR) is 154 cm³/mol. The van der Waals surface area contributed by atoms with Gasteiger partial charge in [-0.2, -0.15) is 0 Å². The summed E-state index contributed by atoms with van der Waals surface area (Å²) in [7, 11) is 3.31. The van der Waals surface area contributed by atoms with Gasteiger partial charge in [-0.1, -0.05) is 12.5 Å². The Morgan fingerprint density at radius 3 is 2.38 bits per heavy atom. The molecule has 1 unspecified atom stereocenters. The average Bonchev–Trinajstić information content (AvgIpc) is 3.32. The Morgan fingerprint density at radius 2 is 1.64 bits per heavy atom. The predicted octanol–water partition coefficient (Wildman–Crippen LogP) is 2.70. The van der Waals surface area contributed by atoms with Gasteiger partial charge in [0.25, 0.3) is 0 Å². The molecule has 0 amide bonds. The molecule has 1 aromatic rings. The fourth-order valence-corrected chi connectivity index (χ4v) is 8.11. The van der Waals surface area contributed by atoms with Crippen molar-refractivity contribution in [3.8, 4) is 11.5 Å². The number of likely N-dealkylation sites (tertiary alicyclic amines) is 1. The second kappa shape index (κ2) is 13.6. The smallest absolute Gasteiger partial charge is 0.189 e. The van der Waals surface area contributed by atoms with E-state index in [1.54, 1.807) is 14.2 Å². The fraction of sp³-hybridized carbons (Fsp3) is 0.812. The molecule has 5 atom stereocenters. The van der Waals surface area contributed by atoms with E-state index in [0.717, 1.165) is 49.6 Å². The topological polar surface area (TPSA) is 97.3 Å².